The second-order valence-corrected chi connectivity index (χ2v) is 8.29. The maximum Gasteiger partial charge on any atom is 0.314 e. The van der Waals surface area contributed by atoms with Crippen LogP contribution in [0.4, 0.5) is 0 Å². The lowest BCUT2D eigenvalue weighted by Crippen LogP contribution is -1.87. The fourth-order valence-corrected chi connectivity index (χ4v) is 7.67. The smallest absolute Gasteiger partial charge is 0.0864 e. The van der Waals surface area contributed by atoms with Crippen LogP contribution in [-0.4, -0.2) is 17.8 Å². The molecule has 1 aromatic rings. The summed E-state index contributed by atoms with van der Waals surface area (Å²) in [6.07, 6.45) is 2.16. The summed E-state index contributed by atoms with van der Waals surface area (Å²) >= 11 is 9.83. The van der Waals surface area contributed by atoms with Crippen LogP contribution in [0.5, 0.6) is 0 Å². The largest absolute Gasteiger partial charge is 0.314 e. The number of fused-ring (bicyclic) bond motifs is 1. The Hall–Kier alpha value is 1.10. The molecule has 0 radical (unpaired) electrons. The molecule has 0 atom stereocenters. The monoisotopic (exact) mass is 239 g/mol. The first kappa shape index (κ1) is 8.69. The van der Waals surface area contributed by atoms with Crippen LogP contribution in [0, 0.1) is 0 Å². The van der Waals surface area contributed by atoms with Gasteiger partial charge in [-0.3, -0.25) is 0 Å². The highest BCUT2D eigenvalue weighted by Gasteiger charge is 2.25. The molecule has 1 aromatic heterocycles. The van der Waals surface area contributed by atoms with Crippen molar-refractivity contribution in [3.05, 3.63) is 0 Å². The van der Waals surface area contributed by atoms with Gasteiger partial charge in [0.2, 0.25) is 8.42 Å². The van der Waals surface area contributed by atoms with Gasteiger partial charge in [0.15, 0.2) is 0 Å². The van der Waals surface area contributed by atoms with Crippen molar-refractivity contribution in [3.63, 3.8) is 0 Å². The minimum atomic E-state index is 1.29. The van der Waals surface area contributed by atoms with Gasteiger partial charge >= 0.3 is 3.52 Å². The highest BCUT2D eigenvalue weighted by molar-refractivity contribution is 8.09. The van der Waals surface area contributed by atoms with E-state index >= 15 is 0 Å². The lowest BCUT2D eigenvalue weighted by atomic mass is 11.0. The van der Waals surface area contributed by atoms with Crippen LogP contribution in [0.15, 0.2) is 11.9 Å². The maximum atomic E-state index is 2.16. The molecule has 0 amide bonds. The predicted octanol–water partition coefficient (Wildman–Crippen LogP) is 4.01. The Labute approximate surface area is 87.2 Å². The second-order valence-electron chi connectivity index (χ2n) is 1.93. The predicted molar refractivity (Wildman–Crippen MR) is 59.8 cm³/mol. The molecule has 2 heterocycles. The highest BCUT2D eigenvalue weighted by Crippen LogP contribution is 2.48. The first-order valence-electron chi connectivity index (χ1n) is 3.16. The van der Waals surface area contributed by atoms with Gasteiger partial charge in [-0.05, 0) is 6.26 Å². The van der Waals surface area contributed by atoms with Gasteiger partial charge in [0.25, 0.3) is 0 Å². The zero-order valence-corrected chi connectivity index (χ0v) is 10.0. The highest BCUT2D eigenvalue weighted by atomic mass is 32.2. The topological polar surface area (TPSA) is 0 Å². The summed E-state index contributed by atoms with van der Waals surface area (Å²) in [6.45, 7) is 0. The van der Waals surface area contributed by atoms with Crippen molar-refractivity contribution in [1.29, 1.82) is 0 Å². The SMILES string of the molecule is CSc1sc2c([s+]1)SCCS2. The minimum Gasteiger partial charge on any atom is -0.0864 e. The molecule has 0 aliphatic carbocycles. The Kier molecular flexibility index (Phi) is 3.06. The third kappa shape index (κ3) is 1.88. The molecule has 0 nitrogen and oxygen atoms in total. The minimum absolute atomic E-state index is 1.29. The Bertz CT molecular complexity index is 230. The third-order valence-corrected chi connectivity index (χ3v) is 8.41. The first-order valence-corrected chi connectivity index (χ1v) is 7.99. The summed E-state index contributed by atoms with van der Waals surface area (Å²) in [5.41, 5.74) is 0. The summed E-state index contributed by atoms with van der Waals surface area (Å²) in [5.74, 6) is 2.58. The number of rotatable bonds is 1. The lowest BCUT2D eigenvalue weighted by Gasteiger charge is -2.00. The van der Waals surface area contributed by atoms with Gasteiger partial charge < -0.3 is 0 Å². The second kappa shape index (κ2) is 3.87. The maximum absolute atomic E-state index is 2.16. The molecule has 0 saturated heterocycles. The Morgan fingerprint density at radius 2 is 2.18 bits per heavy atom. The molecule has 0 spiro atoms. The molecule has 5 heteroatoms. The summed E-state index contributed by atoms with van der Waals surface area (Å²) in [4.78, 5) is 0. The molecule has 1 aliphatic rings. The van der Waals surface area contributed by atoms with Crippen molar-refractivity contribution in [2.75, 3.05) is 17.8 Å². The van der Waals surface area contributed by atoms with Gasteiger partial charge in [0, 0.05) is 11.5 Å². The van der Waals surface area contributed by atoms with Crippen molar-refractivity contribution in [2.24, 2.45) is 0 Å². The van der Waals surface area contributed by atoms with Crippen molar-refractivity contribution < 1.29 is 0 Å². The average Bonchev–Trinajstić information content (AvgIpc) is 2.46. The Morgan fingerprint density at radius 3 is 2.91 bits per heavy atom. The summed E-state index contributed by atoms with van der Waals surface area (Å²) in [6, 6.07) is 0. The fourth-order valence-electron chi connectivity index (χ4n) is 0.784. The molecule has 0 unspecified atom stereocenters. The van der Waals surface area contributed by atoms with E-state index in [9.17, 15) is 0 Å². The average molecular weight is 239 g/mol. The van der Waals surface area contributed by atoms with Gasteiger partial charge in [0.05, 0.1) is 0 Å². The molecule has 0 N–H and O–H groups in total. The molecule has 1 aliphatic heterocycles. The molecule has 11 heavy (non-hydrogen) atoms. The Morgan fingerprint density at radius 1 is 1.36 bits per heavy atom. The fraction of sp³-hybridized carbons (Fsp3) is 0.500. The van der Waals surface area contributed by atoms with Crippen LogP contribution < -0.4 is 0 Å². The quantitative estimate of drug-likeness (QED) is 0.537. The van der Waals surface area contributed by atoms with Gasteiger partial charge in [-0.25, -0.2) is 0 Å². The van der Waals surface area contributed by atoms with E-state index in [-0.39, 0.29) is 0 Å². The zero-order chi connectivity index (χ0) is 7.68. The standard InChI is InChI=1S/C6H7S5/c1-7-6-10-4-5(11-6)9-3-2-8-4/h2-3H2,1H3/q+1. The van der Waals surface area contributed by atoms with Crippen molar-refractivity contribution in [3.8, 4) is 0 Å². The number of hydrogen-bond acceptors (Lipinski definition) is 4. The van der Waals surface area contributed by atoms with Crippen molar-refractivity contribution in [1.82, 2.24) is 0 Å². The molecule has 2 rings (SSSR count). The summed E-state index contributed by atoms with van der Waals surface area (Å²) < 4.78 is 4.60. The van der Waals surface area contributed by atoms with Gasteiger partial charge in [-0.2, -0.15) is 0 Å². The molecular weight excluding hydrogens is 232 g/mol. The van der Waals surface area contributed by atoms with Gasteiger partial charge in [-0.15, -0.1) is 0 Å². The van der Waals surface area contributed by atoms with E-state index in [4.69, 9.17) is 0 Å². The lowest BCUT2D eigenvalue weighted by molar-refractivity contribution is 1.42. The summed E-state index contributed by atoms with van der Waals surface area (Å²) in [5, 5.41) is 0. The van der Waals surface area contributed by atoms with E-state index in [2.05, 4.69) is 6.26 Å². The molecule has 0 aromatic carbocycles. The van der Waals surface area contributed by atoms with E-state index in [0.29, 0.717) is 0 Å². The molecule has 0 fully saturated rings. The normalized spacial score (nSPS) is 16.5. The van der Waals surface area contributed by atoms with Crippen LogP contribution in [0.25, 0.3) is 0 Å². The van der Waals surface area contributed by atoms with E-state index in [1.54, 1.807) is 8.42 Å². The van der Waals surface area contributed by atoms with Crippen molar-refractivity contribution in [2.45, 2.75) is 11.9 Å². The van der Waals surface area contributed by atoms with E-state index in [1.165, 1.54) is 15.0 Å². The zero-order valence-electron chi connectivity index (χ0n) is 5.96. The van der Waals surface area contributed by atoms with Crippen LogP contribution in [0.2, 0.25) is 0 Å². The van der Waals surface area contributed by atoms with Crippen LogP contribution in [0.3, 0.4) is 0 Å². The van der Waals surface area contributed by atoms with Crippen LogP contribution >= 0.6 is 58.0 Å². The van der Waals surface area contributed by atoms with E-state index in [0.717, 1.165) is 0 Å². The van der Waals surface area contributed by atoms with Gasteiger partial charge in [0.1, 0.15) is 22.7 Å². The van der Waals surface area contributed by atoms with Crippen LogP contribution in [0.1, 0.15) is 0 Å². The molecule has 60 valence electrons. The molecule has 0 bridgehead atoms. The number of hydrogen-bond donors (Lipinski definition) is 0. The molecule has 0 saturated carbocycles. The third-order valence-electron chi connectivity index (χ3n) is 1.24. The van der Waals surface area contributed by atoms with E-state index in [1.807, 2.05) is 58.0 Å². The Balaban J connectivity index is 2.32. The van der Waals surface area contributed by atoms with Gasteiger partial charge in [-0.1, -0.05) is 35.3 Å². The van der Waals surface area contributed by atoms with Crippen LogP contribution in [-0.2, 0) is 0 Å². The first-order chi connectivity index (χ1) is 5.40. The molecular formula is C6H7S5+. The van der Waals surface area contributed by atoms with Crippen molar-refractivity contribution >= 4 is 58.0 Å². The summed E-state index contributed by atoms with van der Waals surface area (Å²) in [7, 11) is 0. The number of thioether (sulfide) groups is 3. The van der Waals surface area contributed by atoms with E-state index < -0.39 is 0 Å².